The maximum absolute atomic E-state index is 14.3. The minimum absolute atomic E-state index is 0.191. The minimum atomic E-state index is -1.73. The van der Waals surface area contributed by atoms with Gasteiger partial charge in [0, 0.05) is 43.1 Å². The Balaban J connectivity index is 1.18. The van der Waals surface area contributed by atoms with Crippen molar-refractivity contribution in [3.05, 3.63) is 187 Å². The Kier molecular flexibility index (Phi) is 19.1. The lowest BCUT2D eigenvalue weighted by atomic mass is 9.62. The van der Waals surface area contributed by atoms with Gasteiger partial charge in [0.2, 0.25) is 0 Å². The van der Waals surface area contributed by atoms with E-state index in [2.05, 4.69) is 113 Å². The summed E-state index contributed by atoms with van der Waals surface area (Å²) in [7, 11) is 0. The highest BCUT2D eigenvalue weighted by Gasteiger charge is 2.55. The van der Waals surface area contributed by atoms with Crippen molar-refractivity contribution < 1.29 is 10.2 Å². The Morgan fingerprint density at radius 2 is 0.592 bits per heavy atom. The van der Waals surface area contributed by atoms with Crippen LogP contribution in [0.1, 0.15) is 263 Å². The molecule has 0 aromatic heterocycles. The van der Waals surface area contributed by atoms with Crippen molar-refractivity contribution in [2.75, 3.05) is 0 Å². The van der Waals surface area contributed by atoms with Crippen LogP contribution < -0.4 is 0 Å². The van der Waals surface area contributed by atoms with Gasteiger partial charge in [-0.1, -0.05) is 314 Å². The number of unbranched alkanes of at least 4 members (excludes halogenated alkanes) is 20. The minimum Gasteiger partial charge on any atom is -0.376 e. The fraction of sp³-hybridized carbons (Fsp3) is 0.500. The molecular weight excluding hydrogens is 968 g/mol. The third-order valence-electron chi connectivity index (χ3n) is 18.7. The van der Waals surface area contributed by atoms with Crippen LogP contribution in [0.4, 0.5) is 0 Å². The van der Waals surface area contributed by atoms with Gasteiger partial charge >= 0.3 is 0 Å². The van der Waals surface area contributed by atoms with Crippen molar-refractivity contribution in [1.82, 2.24) is 0 Å². The van der Waals surface area contributed by atoms with Gasteiger partial charge in [-0.25, -0.2) is 0 Å². The molecule has 76 heavy (non-hydrogen) atoms. The van der Waals surface area contributed by atoms with Crippen molar-refractivity contribution >= 4 is 23.2 Å². The number of rotatable bonds is 30. The van der Waals surface area contributed by atoms with Gasteiger partial charge in [0.05, 0.1) is 0 Å². The zero-order chi connectivity index (χ0) is 53.2. The summed E-state index contributed by atoms with van der Waals surface area (Å²) >= 11 is 15.2. The van der Waals surface area contributed by atoms with Crippen LogP contribution >= 0.6 is 23.2 Å². The van der Waals surface area contributed by atoms with Crippen molar-refractivity contribution in [3.8, 4) is 22.3 Å². The van der Waals surface area contributed by atoms with E-state index in [1.165, 1.54) is 173 Å². The number of aliphatic hydroxyl groups is 2. The smallest absolute Gasteiger partial charge is 0.142 e. The molecule has 3 aliphatic carbocycles. The summed E-state index contributed by atoms with van der Waals surface area (Å²) in [4.78, 5) is 0. The molecule has 0 saturated carbocycles. The maximum Gasteiger partial charge on any atom is 0.142 e. The largest absolute Gasteiger partial charge is 0.376 e. The lowest BCUT2D eigenvalue weighted by Gasteiger charge is -2.46. The van der Waals surface area contributed by atoms with Crippen LogP contribution in [0, 0.1) is 0 Å². The molecule has 0 radical (unpaired) electrons. The van der Waals surface area contributed by atoms with Crippen LogP contribution in [-0.4, -0.2) is 10.2 Å². The van der Waals surface area contributed by atoms with Crippen LogP contribution in [0.3, 0.4) is 0 Å². The van der Waals surface area contributed by atoms with Gasteiger partial charge < -0.3 is 10.2 Å². The van der Waals surface area contributed by atoms with Gasteiger partial charge in [0.25, 0.3) is 0 Å². The van der Waals surface area contributed by atoms with E-state index in [1.54, 1.807) is 0 Å². The average molecular weight is 1060 g/mol. The Labute approximate surface area is 469 Å². The second-order valence-corrected chi connectivity index (χ2v) is 24.4. The SMILES string of the molecule is CCCCCCCCC1(CCCCCCCC)c2ccccc2-c2ccc(C3(O)c4cccc(Cl)c4C(O)(c4ccc5c(c4)C(CCCCCCCC)(CCCCCCCC)c4ccccc4-5)c4cccc(Cl)c43)cc21. The van der Waals surface area contributed by atoms with Gasteiger partial charge in [-0.05, 0) is 93.5 Å². The van der Waals surface area contributed by atoms with E-state index < -0.39 is 11.2 Å². The fourth-order valence-corrected chi connectivity index (χ4v) is 15.4. The monoisotopic (exact) mass is 1060 g/mol. The van der Waals surface area contributed by atoms with Crippen molar-refractivity contribution in [3.63, 3.8) is 0 Å². The van der Waals surface area contributed by atoms with Crippen LogP contribution in [-0.2, 0) is 22.0 Å². The average Bonchev–Trinajstić information content (AvgIpc) is 4.04. The summed E-state index contributed by atoms with van der Waals surface area (Å²) in [5.74, 6) is 0. The Morgan fingerprint density at radius 1 is 0.303 bits per heavy atom. The molecular formula is C72H90Cl2O2. The first-order valence-corrected chi connectivity index (χ1v) is 31.4. The van der Waals surface area contributed by atoms with Crippen molar-refractivity contribution in [2.45, 2.75) is 230 Å². The van der Waals surface area contributed by atoms with Crippen LogP contribution in [0.2, 0.25) is 10.0 Å². The predicted molar refractivity (Wildman–Crippen MR) is 324 cm³/mol. The number of fused-ring (bicyclic) bond motifs is 8. The highest BCUT2D eigenvalue weighted by atomic mass is 35.5. The first-order valence-electron chi connectivity index (χ1n) is 30.7. The second kappa shape index (κ2) is 25.7. The summed E-state index contributed by atoms with van der Waals surface area (Å²) in [6.07, 6.45) is 34.2. The second-order valence-electron chi connectivity index (χ2n) is 23.6. The van der Waals surface area contributed by atoms with Gasteiger partial charge in [0.15, 0.2) is 0 Å². The first-order chi connectivity index (χ1) is 37.1. The lowest BCUT2D eigenvalue weighted by Crippen LogP contribution is -2.45. The van der Waals surface area contributed by atoms with E-state index in [-0.39, 0.29) is 10.8 Å². The van der Waals surface area contributed by atoms with Crippen molar-refractivity contribution in [1.29, 1.82) is 0 Å². The maximum atomic E-state index is 14.3. The van der Waals surface area contributed by atoms with E-state index in [0.29, 0.717) is 32.3 Å². The zero-order valence-electron chi connectivity index (χ0n) is 47.0. The highest BCUT2D eigenvalue weighted by Crippen LogP contribution is 2.61. The number of halogens is 2. The number of benzene rings is 6. The standard InChI is InChI=1S/C72H90Cl2O2/c1-5-9-13-17-21-29-47-69(48-30-22-18-14-10-6-2)59-37-27-25-35-55(59)57-45-43-53(51-63(57)69)71(75)61-39-33-42-66(74)68(61)72(76,62-40-34-41-65(73)67(62)71)54-44-46-58-56-36-26-28-38-60(56)70(64(58)52-54,49-31-23-19-15-11-7-3)50-32-24-20-16-12-8-4/h25-28,33-46,51-52,75-76H,5-24,29-32,47-50H2,1-4H3. The predicted octanol–water partition coefficient (Wildman–Crippen LogP) is 21.4. The number of hydrogen-bond acceptors (Lipinski definition) is 2. The van der Waals surface area contributed by atoms with Crippen LogP contribution in [0.15, 0.2) is 121 Å². The van der Waals surface area contributed by atoms with Gasteiger partial charge in [-0.15, -0.1) is 0 Å². The quantitative estimate of drug-likeness (QED) is 0.0441. The molecule has 0 bridgehead atoms. The van der Waals surface area contributed by atoms with Crippen LogP contribution in [0.5, 0.6) is 0 Å². The molecule has 0 saturated heterocycles. The van der Waals surface area contributed by atoms with E-state index in [4.69, 9.17) is 23.2 Å². The molecule has 2 atom stereocenters. The molecule has 2 N–H and O–H groups in total. The summed E-state index contributed by atoms with van der Waals surface area (Å²) in [5, 5.41) is 29.4. The van der Waals surface area contributed by atoms with E-state index in [0.717, 1.165) is 62.5 Å². The Hall–Kier alpha value is -4.18. The molecule has 0 heterocycles. The normalized spacial score (nSPS) is 18.2. The molecule has 3 aliphatic rings. The molecule has 0 fully saturated rings. The fourth-order valence-electron chi connectivity index (χ4n) is 14.8. The van der Waals surface area contributed by atoms with Crippen molar-refractivity contribution in [2.24, 2.45) is 0 Å². The van der Waals surface area contributed by atoms with Gasteiger partial charge in [-0.3, -0.25) is 0 Å². The lowest BCUT2D eigenvalue weighted by molar-refractivity contribution is 0.0748. The van der Waals surface area contributed by atoms with E-state index in [1.807, 2.05) is 36.4 Å². The molecule has 9 rings (SSSR count). The summed E-state index contributed by atoms with van der Waals surface area (Å²) in [5.41, 5.74) is 10.5. The molecule has 2 unspecified atom stereocenters. The molecule has 6 aromatic carbocycles. The zero-order valence-corrected chi connectivity index (χ0v) is 48.5. The van der Waals surface area contributed by atoms with E-state index in [9.17, 15) is 10.2 Å². The molecule has 0 aliphatic heterocycles. The summed E-state index contributed by atoms with van der Waals surface area (Å²) in [6, 6.07) is 43.4. The molecule has 404 valence electrons. The molecule has 2 nitrogen and oxygen atoms in total. The highest BCUT2D eigenvalue weighted by molar-refractivity contribution is 6.32. The summed E-state index contributed by atoms with van der Waals surface area (Å²) < 4.78 is 0. The van der Waals surface area contributed by atoms with Gasteiger partial charge in [0.1, 0.15) is 11.2 Å². The third-order valence-corrected chi connectivity index (χ3v) is 19.4. The van der Waals surface area contributed by atoms with E-state index >= 15 is 0 Å². The Bertz CT molecular complexity index is 2650. The summed E-state index contributed by atoms with van der Waals surface area (Å²) in [6.45, 7) is 9.18. The molecule has 6 aromatic rings. The van der Waals surface area contributed by atoms with Gasteiger partial charge in [-0.2, -0.15) is 0 Å². The van der Waals surface area contributed by atoms with Crippen LogP contribution in [0.25, 0.3) is 22.3 Å². The molecule has 0 spiro atoms. The Morgan fingerprint density at radius 3 is 0.934 bits per heavy atom. The third kappa shape index (κ3) is 10.7. The first kappa shape index (κ1) is 56.5. The topological polar surface area (TPSA) is 40.5 Å². The molecule has 0 amide bonds. The molecule has 4 heteroatoms. The number of hydrogen-bond donors (Lipinski definition) is 2.